The molecule has 0 bridgehead atoms. The first-order valence-electron chi connectivity index (χ1n) is 11.0. The Bertz CT molecular complexity index is 442. The van der Waals surface area contributed by atoms with Crippen LogP contribution >= 0.6 is 8.60 Å². The molecule has 0 amide bonds. The predicted octanol–water partition coefficient (Wildman–Crippen LogP) is 4.99. The summed E-state index contributed by atoms with van der Waals surface area (Å²) in [5.74, 6) is 0.707. The molecule has 8 heteroatoms. The maximum Gasteiger partial charge on any atom is 0.397 e. The highest BCUT2D eigenvalue weighted by Gasteiger charge is 2.14. The molecule has 0 spiro atoms. The van der Waals surface area contributed by atoms with Gasteiger partial charge >= 0.3 is 8.60 Å². The van der Waals surface area contributed by atoms with Crippen molar-refractivity contribution in [2.45, 2.75) is 39.5 Å². The van der Waals surface area contributed by atoms with E-state index in [9.17, 15) is 0 Å². The van der Waals surface area contributed by atoms with E-state index >= 15 is 0 Å². The van der Waals surface area contributed by atoms with Gasteiger partial charge in [-0.05, 0) is 25.0 Å². The molecule has 174 valence electrons. The molecule has 0 saturated heterocycles. The first kappa shape index (κ1) is 27.2. The van der Waals surface area contributed by atoms with Gasteiger partial charge in [-0.25, -0.2) is 0 Å². The van der Waals surface area contributed by atoms with Crippen LogP contribution in [0.15, 0.2) is 30.3 Å². The number of ether oxygens (including phenoxy) is 4. The molecule has 0 unspecified atom stereocenters. The molecule has 0 aromatic heterocycles. The molecule has 0 aliphatic heterocycles. The Labute approximate surface area is 183 Å². The number of benzene rings is 1. The molecular formula is C22H39O7P. The lowest BCUT2D eigenvalue weighted by Crippen LogP contribution is -2.12. The average Bonchev–Trinajstić information content (AvgIpc) is 2.77. The summed E-state index contributed by atoms with van der Waals surface area (Å²) in [4.78, 5) is 0. The summed E-state index contributed by atoms with van der Waals surface area (Å²) >= 11 is 0. The van der Waals surface area contributed by atoms with Crippen molar-refractivity contribution in [2.75, 3.05) is 66.1 Å². The van der Waals surface area contributed by atoms with Crippen molar-refractivity contribution < 1.29 is 32.5 Å². The lowest BCUT2D eigenvalue weighted by atomic mass is 10.3. The molecule has 0 heterocycles. The first-order chi connectivity index (χ1) is 14.9. The maximum atomic E-state index is 5.82. The lowest BCUT2D eigenvalue weighted by Gasteiger charge is -2.17. The fourth-order valence-corrected chi connectivity index (χ4v) is 3.06. The average molecular weight is 447 g/mol. The van der Waals surface area contributed by atoms with Gasteiger partial charge in [-0.2, -0.15) is 0 Å². The van der Waals surface area contributed by atoms with Crippen molar-refractivity contribution in [2.24, 2.45) is 0 Å². The van der Waals surface area contributed by atoms with Gasteiger partial charge in [0.1, 0.15) is 5.75 Å². The minimum absolute atomic E-state index is 0.389. The highest BCUT2D eigenvalue weighted by Crippen LogP contribution is 2.40. The Morgan fingerprint density at radius 1 is 0.567 bits per heavy atom. The molecular weight excluding hydrogens is 407 g/mol. The Balaban J connectivity index is 2.14. The second-order valence-electron chi connectivity index (χ2n) is 6.45. The number of hydrogen-bond donors (Lipinski definition) is 0. The van der Waals surface area contributed by atoms with Gasteiger partial charge in [-0.1, -0.05) is 44.9 Å². The van der Waals surface area contributed by atoms with Gasteiger partial charge < -0.3 is 32.5 Å². The topological polar surface area (TPSA) is 64.6 Å². The molecule has 1 aromatic rings. The molecule has 1 rings (SSSR count). The van der Waals surface area contributed by atoms with Gasteiger partial charge in [-0.3, -0.25) is 0 Å². The minimum Gasteiger partial charge on any atom is -0.427 e. The molecule has 0 radical (unpaired) electrons. The molecule has 0 atom stereocenters. The van der Waals surface area contributed by atoms with Gasteiger partial charge in [0.2, 0.25) is 0 Å². The predicted molar refractivity (Wildman–Crippen MR) is 119 cm³/mol. The second-order valence-corrected chi connectivity index (χ2v) is 7.60. The van der Waals surface area contributed by atoms with E-state index in [0.29, 0.717) is 58.6 Å². The van der Waals surface area contributed by atoms with Gasteiger partial charge in [0.15, 0.2) is 0 Å². The fraction of sp³-hybridized carbons (Fsp3) is 0.727. The maximum absolute atomic E-state index is 5.82. The summed E-state index contributed by atoms with van der Waals surface area (Å²) < 4.78 is 39.3. The Hall–Kier alpha value is -0.790. The van der Waals surface area contributed by atoms with E-state index in [4.69, 9.17) is 32.5 Å². The van der Waals surface area contributed by atoms with E-state index in [0.717, 1.165) is 38.9 Å². The van der Waals surface area contributed by atoms with Crippen molar-refractivity contribution in [3.8, 4) is 5.75 Å². The van der Waals surface area contributed by atoms with E-state index < -0.39 is 8.60 Å². The summed E-state index contributed by atoms with van der Waals surface area (Å²) in [5, 5.41) is 0. The van der Waals surface area contributed by atoms with Crippen LogP contribution < -0.4 is 4.52 Å². The van der Waals surface area contributed by atoms with Crippen LogP contribution in [-0.4, -0.2) is 66.1 Å². The second kappa shape index (κ2) is 21.4. The van der Waals surface area contributed by atoms with E-state index in [1.807, 2.05) is 30.3 Å². The summed E-state index contributed by atoms with van der Waals surface area (Å²) in [6.45, 7) is 9.87. The number of rotatable bonds is 22. The monoisotopic (exact) mass is 446 g/mol. The largest absolute Gasteiger partial charge is 0.427 e. The SMILES string of the molecule is CCCCOCCOCCOP(OCCOCCOCCCC)Oc1ccccc1. The molecule has 0 N–H and O–H groups in total. The highest BCUT2D eigenvalue weighted by atomic mass is 31.2. The summed E-state index contributed by atoms with van der Waals surface area (Å²) in [7, 11) is -1.52. The van der Waals surface area contributed by atoms with Gasteiger partial charge in [0.05, 0.1) is 52.9 Å². The Kier molecular flexibility index (Phi) is 19.5. The van der Waals surface area contributed by atoms with E-state index in [2.05, 4.69) is 13.8 Å². The van der Waals surface area contributed by atoms with Gasteiger partial charge in [0.25, 0.3) is 0 Å². The molecule has 0 aliphatic carbocycles. The van der Waals surface area contributed by atoms with Crippen molar-refractivity contribution >= 4 is 8.60 Å². The third-order valence-corrected chi connectivity index (χ3v) is 4.95. The van der Waals surface area contributed by atoms with Gasteiger partial charge in [-0.15, -0.1) is 0 Å². The van der Waals surface area contributed by atoms with Crippen LogP contribution in [-0.2, 0) is 28.0 Å². The summed E-state index contributed by atoms with van der Waals surface area (Å²) in [5.41, 5.74) is 0. The third kappa shape index (κ3) is 16.9. The van der Waals surface area contributed by atoms with Crippen molar-refractivity contribution in [1.82, 2.24) is 0 Å². The van der Waals surface area contributed by atoms with E-state index in [1.54, 1.807) is 0 Å². The zero-order chi connectivity index (χ0) is 21.5. The number of unbranched alkanes of at least 4 members (excludes halogenated alkanes) is 2. The van der Waals surface area contributed by atoms with Gasteiger partial charge in [0, 0.05) is 13.2 Å². The highest BCUT2D eigenvalue weighted by molar-refractivity contribution is 7.42. The summed E-state index contributed by atoms with van der Waals surface area (Å²) in [6, 6.07) is 9.49. The van der Waals surface area contributed by atoms with Crippen LogP contribution in [0.3, 0.4) is 0 Å². The van der Waals surface area contributed by atoms with Crippen LogP contribution in [0.25, 0.3) is 0 Å². The smallest absolute Gasteiger partial charge is 0.397 e. The number of hydrogen-bond acceptors (Lipinski definition) is 7. The standard InChI is InChI=1S/C22H39O7P/c1-3-5-12-23-14-16-25-18-20-27-30(29-22-10-8-7-9-11-22)28-21-19-26-17-15-24-13-6-4-2/h7-11H,3-6,12-21H2,1-2H3. The van der Waals surface area contributed by atoms with E-state index in [-0.39, 0.29) is 0 Å². The summed E-state index contributed by atoms with van der Waals surface area (Å²) in [6.07, 6.45) is 4.43. The zero-order valence-electron chi connectivity index (χ0n) is 18.6. The lowest BCUT2D eigenvalue weighted by molar-refractivity contribution is 0.0260. The van der Waals surface area contributed by atoms with Crippen LogP contribution in [0.4, 0.5) is 0 Å². The third-order valence-electron chi connectivity index (χ3n) is 3.80. The first-order valence-corrected chi connectivity index (χ1v) is 12.1. The van der Waals surface area contributed by atoms with Crippen LogP contribution in [0.5, 0.6) is 5.75 Å². The molecule has 7 nitrogen and oxygen atoms in total. The zero-order valence-corrected chi connectivity index (χ0v) is 19.5. The fourth-order valence-electron chi connectivity index (χ4n) is 2.14. The molecule has 1 aromatic carbocycles. The molecule has 0 saturated carbocycles. The van der Waals surface area contributed by atoms with Crippen LogP contribution in [0, 0.1) is 0 Å². The normalized spacial score (nSPS) is 11.3. The Morgan fingerprint density at radius 2 is 1.00 bits per heavy atom. The van der Waals surface area contributed by atoms with Crippen molar-refractivity contribution in [3.63, 3.8) is 0 Å². The molecule has 30 heavy (non-hydrogen) atoms. The van der Waals surface area contributed by atoms with E-state index in [1.165, 1.54) is 0 Å². The van der Waals surface area contributed by atoms with Crippen molar-refractivity contribution in [1.29, 1.82) is 0 Å². The van der Waals surface area contributed by atoms with Crippen LogP contribution in [0.2, 0.25) is 0 Å². The minimum atomic E-state index is -1.52. The number of para-hydroxylation sites is 1. The quantitative estimate of drug-likeness (QED) is 0.184. The Morgan fingerprint density at radius 3 is 1.47 bits per heavy atom. The molecule has 0 fully saturated rings. The van der Waals surface area contributed by atoms with Crippen molar-refractivity contribution in [3.05, 3.63) is 30.3 Å². The molecule has 0 aliphatic rings. The van der Waals surface area contributed by atoms with Crippen LogP contribution in [0.1, 0.15) is 39.5 Å².